The van der Waals surface area contributed by atoms with E-state index >= 15 is 0 Å². The monoisotopic (exact) mass is 262 g/mol. The predicted octanol–water partition coefficient (Wildman–Crippen LogP) is 3.11. The molecule has 1 aliphatic carbocycles. The van der Waals surface area contributed by atoms with Crippen LogP contribution in [0.25, 0.3) is 0 Å². The van der Waals surface area contributed by atoms with E-state index < -0.39 is 6.16 Å². The molecule has 0 saturated heterocycles. The Kier molecular flexibility index (Phi) is 12.1. The van der Waals surface area contributed by atoms with Crippen molar-refractivity contribution in [1.82, 2.24) is 0 Å². The Balaban J connectivity index is 0.000000631. The predicted molar refractivity (Wildman–Crippen MR) is 69.0 cm³/mol. The van der Waals surface area contributed by atoms with Crippen LogP contribution in [0.1, 0.15) is 57.8 Å². The van der Waals surface area contributed by atoms with Crippen molar-refractivity contribution in [3.63, 3.8) is 0 Å². The van der Waals surface area contributed by atoms with Gasteiger partial charge in [0.15, 0.2) is 0 Å². The van der Waals surface area contributed by atoms with E-state index in [0.717, 1.165) is 25.9 Å². The van der Waals surface area contributed by atoms with E-state index in [4.69, 9.17) is 24.9 Å². The Morgan fingerprint density at radius 3 is 2.11 bits per heavy atom. The second-order valence-electron chi connectivity index (χ2n) is 4.55. The van der Waals surface area contributed by atoms with Crippen LogP contribution in [0, 0.1) is 0 Å². The minimum absolute atomic E-state index is 0.337. The fraction of sp³-hybridized carbons (Fsp3) is 0.923. The van der Waals surface area contributed by atoms with E-state index in [9.17, 15) is 0 Å². The topological polar surface area (TPSA) is 87.0 Å². The molecule has 1 aliphatic rings. The van der Waals surface area contributed by atoms with E-state index in [1.54, 1.807) is 0 Å². The lowest BCUT2D eigenvalue weighted by Crippen LogP contribution is -2.17. The van der Waals surface area contributed by atoms with Gasteiger partial charge in [0, 0.05) is 13.2 Å². The number of rotatable bonds is 7. The molecule has 5 nitrogen and oxygen atoms in total. The molecule has 0 amide bonds. The summed E-state index contributed by atoms with van der Waals surface area (Å²) >= 11 is 0. The van der Waals surface area contributed by atoms with Crippen LogP contribution >= 0.6 is 0 Å². The molecule has 0 spiro atoms. The van der Waals surface area contributed by atoms with Gasteiger partial charge in [-0.2, -0.15) is 0 Å². The minimum Gasteiger partial charge on any atom is -0.450 e. The van der Waals surface area contributed by atoms with Gasteiger partial charge >= 0.3 is 6.16 Å². The lowest BCUT2D eigenvalue weighted by molar-refractivity contribution is 0.0262. The van der Waals surface area contributed by atoms with Gasteiger partial charge in [0.05, 0.1) is 6.10 Å². The maximum Gasteiger partial charge on any atom is 0.503 e. The average Bonchev–Trinajstić information content (AvgIpc) is 2.34. The van der Waals surface area contributed by atoms with Crippen molar-refractivity contribution in [3.05, 3.63) is 0 Å². The molecule has 1 saturated carbocycles. The zero-order valence-corrected chi connectivity index (χ0v) is 11.0. The average molecular weight is 262 g/mol. The molecule has 5 heteroatoms. The smallest absolute Gasteiger partial charge is 0.450 e. The van der Waals surface area contributed by atoms with Crippen molar-refractivity contribution in [2.24, 2.45) is 0 Å². The maximum atomic E-state index is 8.60. The molecular formula is C13H26O5. The third-order valence-corrected chi connectivity index (χ3v) is 2.96. The van der Waals surface area contributed by atoms with Crippen molar-refractivity contribution < 1.29 is 24.9 Å². The van der Waals surface area contributed by atoms with Gasteiger partial charge in [0.1, 0.15) is 0 Å². The molecular weight excluding hydrogens is 236 g/mol. The normalized spacial score (nSPS) is 15.8. The molecule has 3 N–H and O–H groups in total. The van der Waals surface area contributed by atoms with Crippen LogP contribution in [-0.2, 0) is 4.74 Å². The molecule has 1 fully saturated rings. The first-order chi connectivity index (χ1) is 8.66. The van der Waals surface area contributed by atoms with Crippen LogP contribution in [-0.4, -0.2) is 40.8 Å². The summed E-state index contributed by atoms with van der Waals surface area (Å²) < 4.78 is 5.80. The largest absolute Gasteiger partial charge is 0.503 e. The number of aliphatic hydroxyl groups is 1. The first kappa shape index (κ1) is 17.2. The quantitative estimate of drug-likeness (QED) is 0.614. The summed E-state index contributed by atoms with van der Waals surface area (Å²) in [6.45, 7) is 1.26. The Hall–Kier alpha value is -0.810. The number of carbonyl (C=O) groups is 1. The van der Waals surface area contributed by atoms with Crippen LogP contribution in [0.5, 0.6) is 0 Å². The van der Waals surface area contributed by atoms with Crippen LogP contribution in [0.15, 0.2) is 0 Å². The third-order valence-electron chi connectivity index (χ3n) is 2.96. The SMILES string of the molecule is O=C(O)O.OCCCCCCOC1CCCCC1. The first-order valence-electron chi connectivity index (χ1n) is 6.81. The molecule has 0 atom stereocenters. The lowest BCUT2D eigenvalue weighted by atomic mass is 9.98. The number of aliphatic hydroxyl groups excluding tert-OH is 1. The Morgan fingerprint density at radius 1 is 1.00 bits per heavy atom. The number of ether oxygens (including phenoxy) is 1. The lowest BCUT2D eigenvalue weighted by Gasteiger charge is -2.21. The highest BCUT2D eigenvalue weighted by atomic mass is 16.6. The fourth-order valence-corrected chi connectivity index (χ4v) is 2.05. The van der Waals surface area contributed by atoms with Crippen molar-refractivity contribution in [3.8, 4) is 0 Å². The maximum absolute atomic E-state index is 8.60. The van der Waals surface area contributed by atoms with E-state index in [0.29, 0.717) is 12.7 Å². The van der Waals surface area contributed by atoms with Gasteiger partial charge in [-0.25, -0.2) is 4.79 Å². The number of unbranched alkanes of at least 4 members (excludes halogenated alkanes) is 3. The molecule has 0 aromatic carbocycles. The Labute approximate surface area is 109 Å². The molecule has 18 heavy (non-hydrogen) atoms. The van der Waals surface area contributed by atoms with Crippen molar-refractivity contribution in [2.75, 3.05) is 13.2 Å². The van der Waals surface area contributed by atoms with Crippen LogP contribution in [0.4, 0.5) is 4.79 Å². The molecule has 0 radical (unpaired) electrons. The second kappa shape index (κ2) is 12.6. The number of carboxylic acid groups (broad SMARTS) is 2. The van der Waals surface area contributed by atoms with E-state index in [1.165, 1.54) is 38.5 Å². The molecule has 108 valence electrons. The van der Waals surface area contributed by atoms with Gasteiger partial charge in [-0.3, -0.25) is 0 Å². The highest BCUT2D eigenvalue weighted by Gasteiger charge is 2.12. The summed E-state index contributed by atoms with van der Waals surface area (Å²) in [7, 11) is 0. The van der Waals surface area contributed by atoms with Gasteiger partial charge in [-0.1, -0.05) is 32.1 Å². The zero-order chi connectivity index (χ0) is 13.6. The van der Waals surface area contributed by atoms with Crippen molar-refractivity contribution >= 4 is 6.16 Å². The summed E-state index contributed by atoms with van der Waals surface area (Å²) in [6.07, 6.45) is 9.84. The van der Waals surface area contributed by atoms with Crippen LogP contribution < -0.4 is 0 Å². The van der Waals surface area contributed by atoms with Gasteiger partial charge in [0.25, 0.3) is 0 Å². The molecule has 0 aromatic heterocycles. The van der Waals surface area contributed by atoms with E-state index in [2.05, 4.69) is 0 Å². The first-order valence-corrected chi connectivity index (χ1v) is 6.81. The third kappa shape index (κ3) is 13.3. The summed E-state index contributed by atoms with van der Waals surface area (Å²) in [5, 5.41) is 22.5. The summed E-state index contributed by atoms with van der Waals surface area (Å²) in [6, 6.07) is 0. The summed E-state index contributed by atoms with van der Waals surface area (Å²) in [4.78, 5) is 8.56. The number of hydrogen-bond donors (Lipinski definition) is 3. The van der Waals surface area contributed by atoms with Crippen molar-refractivity contribution in [2.45, 2.75) is 63.9 Å². The molecule has 0 bridgehead atoms. The van der Waals surface area contributed by atoms with E-state index in [1.807, 2.05) is 0 Å². The minimum atomic E-state index is -1.83. The van der Waals surface area contributed by atoms with Gasteiger partial charge in [0.2, 0.25) is 0 Å². The number of hydrogen-bond acceptors (Lipinski definition) is 3. The molecule has 1 rings (SSSR count). The molecule has 0 aliphatic heterocycles. The summed E-state index contributed by atoms with van der Waals surface area (Å²) in [5.74, 6) is 0. The Morgan fingerprint density at radius 2 is 1.56 bits per heavy atom. The zero-order valence-electron chi connectivity index (χ0n) is 11.0. The van der Waals surface area contributed by atoms with Gasteiger partial charge < -0.3 is 20.1 Å². The van der Waals surface area contributed by atoms with Gasteiger partial charge in [-0.05, 0) is 25.7 Å². The van der Waals surface area contributed by atoms with E-state index in [-0.39, 0.29) is 0 Å². The standard InChI is InChI=1S/C12H24O2.CH2O3/c13-10-6-1-2-7-11-14-12-8-4-3-5-9-12;2-1(3)4/h12-13H,1-11H2;(H2,2,3,4). The van der Waals surface area contributed by atoms with Crippen LogP contribution in [0.2, 0.25) is 0 Å². The molecule has 0 aromatic rings. The molecule has 0 unspecified atom stereocenters. The second-order valence-corrected chi connectivity index (χ2v) is 4.55. The van der Waals surface area contributed by atoms with Crippen molar-refractivity contribution in [1.29, 1.82) is 0 Å². The molecule has 0 heterocycles. The van der Waals surface area contributed by atoms with Crippen LogP contribution in [0.3, 0.4) is 0 Å². The highest BCUT2D eigenvalue weighted by Crippen LogP contribution is 2.20. The highest BCUT2D eigenvalue weighted by molar-refractivity contribution is 5.53. The van der Waals surface area contributed by atoms with Gasteiger partial charge in [-0.15, -0.1) is 0 Å². The fourth-order valence-electron chi connectivity index (χ4n) is 2.05. The Bertz CT molecular complexity index is 186. The summed E-state index contributed by atoms with van der Waals surface area (Å²) in [5.41, 5.74) is 0.